The number of para-hydroxylation sites is 1. The van der Waals surface area contributed by atoms with E-state index < -0.39 is 11.0 Å². The lowest BCUT2D eigenvalue weighted by molar-refractivity contribution is -0.385. The Labute approximate surface area is 184 Å². The first kappa shape index (κ1) is 22.3. The molecule has 164 valence electrons. The fraction of sp³-hybridized carbons (Fsp3) is 0.130. The molecule has 0 fully saturated rings. The molecule has 9 nitrogen and oxygen atoms in total. The number of nitro benzene ring substituents is 1. The summed E-state index contributed by atoms with van der Waals surface area (Å²) in [5, 5.41) is 18.0. The topological polar surface area (TPSA) is 115 Å². The predicted molar refractivity (Wildman–Crippen MR) is 121 cm³/mol. The number of methoxy groups -OCH3 is 1. The quantitative estimate of drug-likeness (QED) is 0.304. The van der Waals surface area contributed by atoms with Crippen LogP contribution < -0.4 is 20.2 Å². The molecule has 0 bridgehead atoms. The first-order valence-electron chi connectivity index (χ1n) is 9.66. The molecule has 0 heterocycles. The van der Waals surface area contributed by atoms with Crippen molar-refractivity contribution in [2.24, 2.45) is 5.10 Å². The molecule has 3 rings (SSSR count). The Balaban J connectivity index is 1.74. The Kier molecular flexibility index (Phi) is 7.37. The smallest absolute Gasteiger partial charge is 0.339 e. The summed E-state index contributed by atoms with van der Waals surface area (Å²) in [6.07, 6.45) is 1.18. The van der Waals surface area contributed by atoms with Crippen molar-refractivity contribution >= 4 is 23.6 Å². The number of rotatable bonds is 8. The first-order chi connectivity index (χ1) is 15.5. The molecular formula is C23H22N4O5. The molecule has 0 saturated carbocycles. The van der Waals surface area contributed by atoms with E-state index in [2.05, 4.69) is 15.8 Å². The third-order valence-corrected chi connectivity index (χ3v) is 4.51. The number of carbonyl (C=O) groups is 1. The molecular weight excluding hydrogens is 412 g/mol. The maximum atomic E-state index is 12.1. The summed E-state index contributed by atoms with van der Waals surface area (Å²) in [4.78, 5) is 23.1. The van der Waals surface area contributed by atoms with Gasteiger partial charge in [-0.15, -0.1) is 0 Å². The van der Waals surface area contributed by atoms with Crippen molar-refractivity contribution in [3.05, 3.63) is 93.5 Å². The van der Waals surface area contributed by atoms with Gasteiger partial charge in [0.05, 0.1) is 29.9 Å². The van der Waals surface area contributed by atoms with Gasteiger partial charge >= 0.3 is 6.03 Å². The Morgan fingerprint density at radius 2 is 1.81 bits per heavy atom. The van der Waals surface area contributed by atoms with E-state index in [1.165, 1.54) is 25.5 Å². The molecule has 0 radical (unpaired) electrons. The number of hydrogen-bond acceptors (Lipinski definition) is 6. The van der Waals surface area contributed by atoms with Crippen molar-refractivity contribution < 1.29 is 19.2 Å². The highest BCUT2D eigenvalue weighted by Crippen LogP contribution is 2.34. The number of carbonyl (C=O) groups excluding carboxylic acids is 1. The van der Waals surface area contributed by atoms with E-state index in [0.717, 1.165) is 11.1 Å². The molecule has 2 amide bonds. The molecule has 3 aromatic rings. The van der Waals surface area contributed by atoms with E-state index in [0.29, 0.717) is 11.4 Å². The SMILES string of the molecule is COc1cc(C=NNC(=O)Nc2ccccc2C)c([N+](=O)[O-])cc1OCc1ccccc1. The van der Waals surface area contributed by atoms with Crippen LogP contribution in [0.2, 0.25) is 0 Å². The highest BCUT2D eigenvalue weighted by atomic mass is 16.6. The molecule has 0 atom stereocenters. The van der Waals surface area contributed by atoms with Crippen LogP contribution in [-0.2, 0) is 6.61 Å². The summed E-state index contributed by atoms with van der Waals surface area (Å²) in [6, 6.07) is 18.8. The zero-order valence-electron chi connectivity index (χ0n) is 17.6. The van der Waals surface area contributed by atoms with Crippen LogP contribution in [0.25, 0.3) is 0 Å². The number of nitrogens with zero attached hydrogens (tertiary/aromatic N) is 2. The number of amides is 2. The number of benzene rings is 3. The average Bonchev–Trinajstić information content (AvgIpc) is 2.79. The normalized spacial score (nSPS) is 10.6. The van der Waals surface area contributed by atoms with Crippen molar-refractivity contribution in [2.75, 3.05) is 12.4 Å². The molecule has 0 spiro atoms. The highest BCUT2D eigenvalue weighted by Gasteiger charge is 2.19. The van der Waals surface area contributed by atoms with Crippen molar-refractivity contribution in [3.63, 3.8) is 0 Å². The Hall–Kier alpha value is -4.40. The standard InChI is InChI=1S/C23H22N4O5/c1-16-8-6-7-11-19(16)25-23(28)26-24-14-18-12-21(31-2)22(13-20(18)27(29)30)32-15-17-9-4-3-5-10-17/h3-14H,15H2,1-2H3,(H2,25,26,28). The van der Waals surface area contributed by atoms with Gasteiger partial charge in [0.1, 0.15) is 6.61 Å². The molecule has 0 saturated heterocycles. The fourth-order valence-electron chi connectivity index (χ4n) is 2.86. The van der Waals surface area contributed by atoms with Gasteiger partial charge in [0.2, 0.25) is 0 Å². The molecule has 0 unspecified atom stereocenters. The van der Waals surface area contributed by atoms with Gasteiger partial charge in [0, 0.05) is 5.69 Å². The first-order valence-corrected chi connectivity index (χ1v) is 9.66. The number of nitrogens with one attached hydrogen (secondary N) is 2. The van der Waals surface area contributed by atoms with E-state index in [4.69, 9.17) is 9.47 Å². The summed E-state index contributed by atoms with van der Waals surface area (Å²) < 4.78 is 11.0. The zero-order chi connectivity index (χ0) is 22.9. The molecule has 0 aliphatic rings. The second-order valence-electron chi connectivity index (χ2n) is 6.73. The second kappa shape index (κ2) is 10.6. The third kappa shape index (κ3) is 5.82. The van der Waals surface area contributed by atoms with Gasteiger partial charge in [-0.25, -0.2) is 10.2 Å². The number of urea groups is 1. The largest absolute Gasteiger partial charge is 0.493 e. The van der Waals surface area contributed by atoms with Gasteiger partial charge in [-0.2, -0.15) is 5.10 Å². The summed E-state index contributed by atoms with van der Waals surface area (Å²) in [5.74, 6) is 0.530. The average molecular weight is 434 g/mol. The molecule has 2 N–H and O–H groups in total. The van der Waals surface area contributed by atoms with Crippen LogP contribution in [-0.4, -0.2) is 24.3 Å². The number of aryl methyl sites for hydroxylation is 1. The monoisotopic (exact) mass is 434 g/mol. The maximum Gasteiger partial charge on any atom is 0.339 e. The zero-order valence-corrected chi connectivity index (χ0v) is 17.6. The van der Waals surface area contributed by atoms with E-state index in [9.17, 15) is 14.9 Å². The van der Waals surface area contributed by atoms with Crippen molar-refractivity contribution in [3.8, 4) is 11.5 Å². The van der Waals surface area contributed by atoms with Gasteiger partial charge in [-0.05, 0) is 30.2 Å². The third-order valence-electron chi connectivity index (χ3n) is 4.51. The Morgan fingerprint density at radius 1 is 1.09 bits per heavy atom. The minimum absolute atomic E-state index is 0.148. The minimum atomic E-state index is -0.576. The minimum Gasteiger partial charge on any atom is -0.493 e. The van der Waals surface area contributed by atoms with Crippen molar-refractivity contribution in [1.29, 1.82) is 0 Å². The summed E-state index contributed by atoms with van der Waals surface area (Å²) in [6.45, 7) is 2.08. The van der Waals surface area contributed by atoms with Crippen LogP contribution in [0, 0.1) is 17.0 Å². The second-order valence-corrected chi connectivity index (χ2v) is 6.73. The number of nitro groups is 1. The van der Waals surface area contributed by atoms with Crippen LogP contribution >= 0.6 is 0 Å². The van der Waals surface area contributed by atoms with Gasteiger partial charge in [0.15, 0.2) is 11.5 Å². The predicted octanol–water partition coefficient (Wildman–Crippen LogP) is 4.65. The lowest BCUT2D eigenvalue weighted by Crippen LogP contribution is -2.24. The van der Waals surface area contributed by atoms with Gasteiger partial charge in [-0.1, -0.05) is 48.5 Å². The van der Waals surface area contributed by atoms with Crippen LogP contribution in [0.3, 0.4) is 0 Å². The molecule has 0 aromatic heterocycles. The van der Waals surface area contributed by atoms with Crippen molar-refractivity contribution in [2.45, 2.75) is 13.5 Å². The Morgan fingerprint density at radius 3 is 2.50 bits per heavy atom. The number of hydrogen-bond donors (Lipinski definition) is 2. The van der Waals surface area contributed by atoms with Gasteiger partial charge in [-0.3, -0.25) is 10.1 Å². The molecule has 0 aliphatic heterocycles. The molecule has 32 heavy (non-hydrogen) atoms. The van der Waals surface area contributed by atoms with Crippen LogP contribution in [0.4, 0.5) is 16.2 Å². The highest BCUT2D eigenvalue weighted by molar-refractivity contribution is 5.92. The van der Waals surface area contributed by atoms with E-state index in [1.54, 1.807) is 12.1 Å². The number of anilines is 1. The lowest BCUT2D eigenvalue weighted by atomic mass is 10.1. The summed E-state index contributed by atoms with van der Waals surface area (Å²) >= 11 is 0. The van der Waals surface area contributed by atoms with Crippen molar-refractivity contribution in [1.82, 2.24) is 5.43 Å². The fourth-order valence-corrected chi connectivity index (χ4v) is 2.86. The molecule has 3 aromatic carbocycles. The van der Waals surface area contributed by atoms with E-state index in [1.807, 2.05) is 49.4 Å². The Bertz CT molecular complexity index is 1130. The van der Waals surface area contributed by atoms with Gasteiger partial charge in [0.25, 0.3) is 5.69 Å². The number of ether oxygens (including phenoxy) is 2. The van der Waals surface area contributed by atoms with Crippen LogP contribution in [0.5, 0.6) is 11.5 Å². The lowest BCUT2D eigenvalue weighted by Gasteiger charge is -2.12. The molecule has 9 heteroatoms. The van der Waals surface area contributed by atoms with Gasteiger partial charge < -0.3 is 14.8 Å². The maximum absolute atomic E-state index is 12.1. The van der Waals surface area contributed by atoms with Crippen LogP contribution in [0.1, 0.15) is 16.7 Å². The molecule has 0 aliphatic carbocycles. The summed E-state index contributed by atoms with van der Waals surface area (Å²) in [7, 11) is 1.44. The van der Waals surface area contributed by atoms with E-state index in [-0.39, 0.29) is 23.6 Å². The van der Waals surface area contributed by atoms with E-state index >= 15 is 0 Å². The summed E-state index contributed by atoms with van der Waals surface area (Å²) in [5.41, 5.74) is 4.64. The number of hydrazone groups is 1. The van der Waals surface area contributed by atoms with Crippen LogP contribution in [0.15, 0.2) is 71.8 Å².